The van der Waals surface area contributed by atoms with Crippen LogP contribution in [0.2, 0.25) is 5.02 Å². The molecule has 1 fully saturated rings. The molecule has 0 bridgehead atoms. The van der Waals surface area contributed by atoms with Gasteiger partial charge in [-0.25, -0.2) is 0 Å². The second kappa shape index (κ2) is 7.38. The molecule has 1 aliphatic heterocycles. The third kappa shape index (κ3) is 3.51. The SMILES string of the molecule is CCN1CCOC(C(O)c2c(Cl)cnn2CCOC)C1. The minimum Gasteiger partial charge on any atom is -0.384 e. The number of hydrogen-bond donors (Lipinski definition) is 1. The van der Waals surface area contributed by atoms with Gasteiger partial charge in [-0.2, -0.15) is 5.10 Å². The summed E-state index contributed by atoms with van der Waals surface area (Å²) in [7, 11) is 1.63. The predicted octanol–water partition coefficient (Wildman–Crippen LogP) is 0.937. The van der Waals surface area contributed by atoms with E-state index in [4.69, 9.17) is 21.1 Å². The fraction of sp³-hybridized carbons (Fsp3) is 0.769. The van der Waals surface area contributed by atoms with Crippen molar-refractivity contribution >= 4 is 11.6 Å². The van der Waals surface area contributed by atoms with E-state index in [0.717, 1.165) is 13.1 Å². The molecule has 1 aliphatic rings. The summed E-state index contributed by atoms with van der Waals surface area (Å²) in [5.41, 5.74) is 0.603. The zero-order valence-electron chi connectivity index (χ0n) is 12.0. The molecule has 0 radical (unpaired) electrons. The molecule has 6 nitrogen and oxygen atoms in total. The zero-order chi connectivity index (χ0) is 14.5. The summed E-state index contributed by atoms with van der Waals surface area (Å²) in [5.74, 6) is 0. The standard InChI is InChI=1S/C13H22ClN3O3/c1-3-16-4-7-20-11(9-16)13(18)12-10(14)8-15-17(12)5-6-19-2/h8,11,13,18H,3-7,9H2,1-2H3. The molecule has 1 aromatic heterocycles. The van der Waals surface area contributed by atoms with Crippen LogP contribution in [-0.2, 0) is 16.0 Å². The van der Waals surface area contributed by atoms with Crippen molar-refractivity contribution in [3.05, 3.63) is 16.9 Å². The Labute approximate surface area is 124 Å². The molecular weight excluding hydrogens is 282 g/mol. The summed E-state index contributed by atoms with van der Waals surface area (Å²) in [6.07, 6.45) is 0.492. The Balaban J connectivity index is 2.11. The highest BCUT2D eigenvalue weighted by Crippen LogP contribution is 2.28. The number of morpholine rings is 1. The van der Waals surface area contributed by atoms with E-state index in [-0.39, 0.29) is 6.10 Å². The van der Waals surface area contributed by atoms with Gasteiger partial charge >= 0.3 is 0 Å². The highest BCUT2D eigenvalue weighted by atomic mass is 35.5. The van der Waals surface area contributed by atoms with Gasteiger partial charge in [-0.15, -0.1) is 0 Å². The van der Waals surface area contributed by atoms with Gasteiger partial charge in [0.2, 0.25) is 0 Å². The molecule has 114 valence electrons. The average molecular weight is 304 g/mol. The van der Waals surface area contributed by atoms with Crippen LogP contribution in [0, 0.1) is 0 Å². The first-order valence-electron chi connectivity index (χ1n) is 6.89. The Kier molecular flexibility index (Phi) is 5.80. The van der Waals surface area contributed by atoms with Crippen molar-refractivity contribution in [2.24, 2.45) is 0 Å². The minimum absolute atomic E-state index is 0.279. The number of aliphatic hydroxyl groups excluding tert-OH is 1. The van der Waals surface area contributed by atoms with Gasteiger partial charge in [0.1, 0.15) is 12.2 Å². The third-order valence-corrected chi connectivity index (χ3v) is 3.89. The van der Waals surface area contributed by atoms with Crippen molar-refractivity contribution < 1.29 is 14.6 Å². The van der Waals surface area contributed by atoms with Gasteiger partial charge in [0.25, 0.3) is 0 Å². The maximum Gasteiger partial charge on any atom is 0.124 e. The van der Waals surface area contributed by atoms with Crippen molar-refractivity contribution in [3.63, 3.8) is 0 Å². The molecule has 2 heterocycles. The molecule has 0 amide bonds. The van der Waals surface area contributed by atoms with Gasteiger partial charge < -0.3 is 14.6 Å². The number of nitrogens with zero attached hydrogens (tertiary/aromatic N) is 3. The minimum atomic E-state index is -0.781. The van der Waals surface area contributed by atoms with Crippen LogP contribution < -0.4 is 0 Å². The lowest BCUT2D eigenvalue weighted by atomic mass is 10.1. The number of ether oxygens (including phenoxy) is 2. The first-order chi connectivity index (χ1) is 9.67. The summed E-state index contributed by atoms with van der Waals surface area (Å²) >= 11 is 6.15. The number of aliphatic hydroxyl groups is 1. The lowest BCUT2D eigenvalue weighted by Crippen LogP contribution is -2.45. The van der Waals surface area contributed by atoms with Crippen molar-refractivity contribution in [1.82, 2.24) is 14.7 Å². The molecule has 0 aromatic carbocycles. The number of likely N-dealkylation sites (N-methyl/N-ethyl adjacent to an activating group) is 1. The van der Waals surface area contributed by atoms with Crippen LogP contribution in [-0.4, -0.2) is 65.8 Å². The summed E-state index contributed by atoms with van der Waals surface area (Å²) < 4.78 is 12.4. The topological polar surface area (TPSA) is 59.8 Å². The normalized spacial score (nSPS) is 22.1. The molecule has 1 N–H and O–H groups in total. The molecule has 0 saturated carbocycles. The fourth-order valence-electron chi connectivity index (χ4n) is 2.41. The van der Waals surface area contributed by atoms with E-state index in [9.17, 15) is 5.11 Å². The van der Waals surface area contributed by atoms with Gasteiger partial charge in [0.15, 0.2) is 0 Å². The maximum atomic E-state index is 10.6. The van der Waals surface area contributed by atoms with E-state index in [1.54, 1.807) is 18.0 Å². The number of hydrogen-bond acceptors (Lipinski definition) is 5. The Bertz CT molecular complexity index is 427. The molecule has 2 rings (SSSR count). The Hall–Kier alpha value is -0.660. The number of halogens is 1. The van der Waals surface area contributed by atoms with Crippen LogP contribution in [0.1, 0.15) is 18.7 Å². The van der Waals surface area contributed by atoms with Crippen molar-refractivity contribution in [3.8, 4) is 0 Å². The molecule has 20 heavy (non-hydrogen) atoms. The summed E-state index contributed by atoms with van der Waals surface area (Å²) in [5, 5.41) is 15.2. The van der Waals surface area contributed by atoms with E-state index < -0.39 is 6.10 Å². The first-order valence-corrected chi connectivity index (χ1v) is 7.27. The first kappa shape index (κ1) is 15.7. The monoisotopic (exact) mass is 303 g/mol. The second-order valence-corrected chi connectivity index (χ2v) is 5.25. The zero-order valence-corrected chi connectivity index (χ0v) is 12.7. The molecule has 0 spiro atoms. The number of methoxy groups -OCH3 is 1. The van der Waals surface area contributed by atoms with Crippen molar-refractivity contribution in [1.29, 1.82) is 0 Å². The van der Waals surface area contributed by atoms with E-state index in [1.165, 1.54) is 0 Å². The van der Waals surface area contributed by atoms with E-state index in [2.05, 4.69) is 16.9 Å². The van der Waals surface area contributed by atoms with E-state index in [1.807, 2.05) is 0 Å². The summed E-state index contributed by atoms with van der Waals surface area (Å²) in [4.78, 5) is 2.25. The van der Waals surface area contributed by atoms with Gasteiger partial charge in [-0.05, 0) is 6.54 Å². The largest absolute Gasteiger partial charge is 0.384 e. The van der Waals surface area contributed by atoms with E-state index >= 15 is 0 Å². The second-order valence-electron chi connectivity index (χ2n) is 4.84. The van der Waals surface area contributed by atoms with Crippen molar-refractivity contribution in [2.45, 2.75) is 25.7 Å². The predicted molar refractivity (Wildman–Crippen MR) is 75.9 cm³/mol. The van der Waals surface area contributed by atoms with Gasteiger partial charge in [0.05, 0.1) is 36.7 Å². The lowest BCUT2D eigenvalue weighted by Gasteiger charge is -2.34. The molecule has 1 aromatic rings. The van der Waals surface area contributed by atoms with Gasteiger partial charge in [0, 0.05) is 20.2 Å². The van der Waals surface area contributed by atoms with Crippen molar-refractivity contribution in [2.75, 3.05) is 40.0 Å². The molecular formula is C13H22ClN3O3. The van der Waals surface area contributed by atoms with E-state index in [0.29, 0.717) is 37.0 Å². The van der Waals surface area contributed by atoms with Crippen LogP contribution in [0.4, 0.5) is 0 Å². The maximum absolute atomic E-state index is 10.6. The highest BCUT2D eigenvalue weighted by Gasteiger charge is 2.31. The van der Waals surface area contributed by atoms with Crippen LogP contribution in [0.5, 0.6) is 0 Å². The number of rotatable bonds is 6. The van der Waals surface area contributed by atoms with Crippen LogP contribution in [0.25, 0.3) is 0 Å². The third-order valence-electron chi connectivity index (χ3n) is 3.60. The molecule has 2 unspecified atom stereocenters. The van der Waals surface area contributed by atoms with Crippen LogP contribution in [0.15, 0.2) is 6.20 Å². The molecule has 1 saturated heterocycles. The highest BCUT2D eigenvalue weighted by molar-refractivity contribution is 6.31. The molecule has 2 atom stereocenters. The number of aromatic nitrogens is 2. The smallest absolute Gasteiger partial charge is 0.124 e. The Morgan fingerprint density at radius 1 is 1.65 bits per heavy atom. The summed E-state index contributed by atoms with van der Waals surface area (Å²) in [6.45, 7) is 6.34. The lowest BCUT2D eigenvalue weighted by molar-refractivity contribution is -0.0913. The quantitative estimate of drug-likeness (QED) is 0.847. The van der Waals surface area contributed by atoms with Gasteiger partial charge in [-0.1, -0.05) is 18.5 Å². The Morgan fingerprint density at radius 2 is 2.45 bits per heavy atom. The summed E-state index contributed by atoms with van der Waals surface area (Å²) in [6, 6.07) is 0. The fourth-order valence-corrected chi connectivity index (χ4v) is 2.66. The van der Waals surface area contributed by atoms with Crippen LogP contribution >= 0.6 is 11.6 Å². The molecule has 7 heteroatoms. The Morgan fingerprint density at radius 3 is 3.15 bits per heavy atom. The molecule has 0 aliphatic carbocycles. The van der Waals surface area contributed by atoms with Gasteiger partial charge in [-0.3, -0.25) is 9.58 Å². The average Bonchev–Trinajstić information content (AvgIpc) is 2.85. The van der Waals surface area contributed by atoms with Crippen LogP contribution in [0.3, 0.4) is 0 Å².